The summed E-state index contributed by atoms with van der Waals surface area (Å²) in [5, 5.41) is 2.91. The summed E-state index contributed by atoms with van der Waals surface area (Å²) in [6, 6.07) is 18.5. The number of halogens is 1. The largest absolute Gasteiger partial charge is 0.493 e. The fraction of sp³-hybridized carbons (Fsp3) is 0.148. The number of methoxy groups -OCH3 is 1. The quantitative estimate of drug-likeness (QED) is 0.253. The number of para-hydroxylation sites is 1. The summed E-state index contributed by atoms with van der Waals surface area (Å²) < 4.78 is 12.6. The number of rotatable bonds is 7. The summed E-state index contributed by atoms with van der Waals surface area (Å²) in [5.41, 5.74) is 4.15. The highest BCUT2D eigenvalue weighted by atomic mass is 79.9. The second-order valence-corrected chi connectivity index (χ2v) is 10.6. The molecule has 1 aliphatic heterocycles. The summed E-state index contributed by atoms with van der Waals surface area (Å²) in [4.78, 5) is 27.5. The molecule has 184 valence electrons. The Kier molecular flexibility index (Phi) is 8.13. The highest BCUT2D eigenvalue weighted by molar-refractivity contribution is 9.10. The van der Waals surface area contributed by atoms with E-state index in [1.54, 1.807) is 24.3 Å². The van der Waals surface area contributed by atoms with Crippen LogP contribution in [0.1, 0.15) is 16.7 Å². The number of anilines is 2. The monoisotopic (exact) mass is 582 g/mol. The van der Waals surface area contributed by atoms with E-state index in [2.05, 4.69) is 21.2 Å². The number of amides is 2. The topological polar surface area (TPSA) is 67.9 Å². The van der Waals surface area contributed by atoms with Gasteiger partial charge in [-0.25, -0.2) is 0 Å². The van der Waals surface area contributed by atoms with Gasteiger partial charge in [-0.2, -0.15) is 0 Å². The smallest absolute Gasteiger partial charge is 0.270 e. The highest BCUT2D eigenvalue weighted by Gasteiger charge is 2.33. The molecular formula is C27H23BrN2O4S2. The van der Waals surface area contributed by atoms with E-state index in [0.717, 1.165) is 32.5 Å². The summed E-state index contributed by atoms with van der Waals surface area (Å²) >= 11 is 10.1. The molecule has 9 heteroatoms. The number of hydrogen-bond acceptors (Lipinski definition) is 6. The number of thioether (sulfide) groups is 1. The van der Waals surface area contributed by atoms with Crippen LogP contribution in [-0.2, 0) is 9.59 Å². The lowest BCUT2D eigenvalue weighted by Crippen LogP contribution is -2.27. The lowest BCUT2D eigenvalue weighted by Gasteiger charge is -2.14. The van der Waals surface area contributed by atoms with Gasteiger partial charge in [0.15, 0.2) is 22.4 Å². The summed E-state index contributed by atoms with van der Waals surface area (Å²) in [5.74, 6) is 0.418. The van der Waals surface area contributed by atoms with Crippen molar-refractivity contribution in [2.24, 2.45) is 0 Å². The van der Waals surface area contributed by atoms with Crippen molar-refractivity contribution in [3.8, 4) is 11.5 Å². The van der Waals surface area contributed by atoms with E-state index >= 15 is 0 Å². The number of nitrogens with zero attached hydrogens (tertiary/aromatic N) is 1. The van der Waals surface area contributed by atoms with Gasteiger partial charge in [-0.3, -0.25) is 14.5 Å². The van der Waals surface area contributed by atoms with E-state index in [1.165, 1.54) is 23.8 Å². The number of aryl methyl sites for hydroxylation is 2. The zero-order valence-electron chi connectivity index (χ0n) is 19.8. The second kappa shape index (κ2) is 11.3. The van der Waals surface area contributed by atoms with E-state index in [1.807, 2.05) is 56.3 Å². The molecule has 0 saturated carbocycles. The third-order valence-electron chi connectivity index (χ3n) is 5.41. The van der Waals surface area contributed by atoms with Gasteiger partial charge in [0.1, 0.15) is 0 Å². The molecule has 1 aliphatic rings. The van der Waals surface area contributed by atoms with Crippen molar-refractivity contribution >= 4 is 73.5 Å². The average molecular weight is 584 g/mol. The molecule has 0 bridgehead atoms. The van der Waals surface area contributed by atoms with Crippen LogP contribution in [0, 0.1) is 13.8 Å². The summed E-state index contributed by atoms with van der Waals surface area (Å²) in [6.07, 6.45) is 1.76. The Morgan fingerprint density at radius 3 is 2.44 bits per heavy atom. The number of carbonyl (C=O) groups is 2. The zero-order valence-corrected chi connectivity index (χ0v) is 23.1. The van der Waals surface area contributed by atoms with Crippen LogP contribution in [0.2, 0.25) is 0 Å². The van der Waals surface area contributed by atoms with Crippen molar-refractivity contribution in [1.29, 1.82) is 0 Å². The zero-order chi connectivity index (χ0) is 25.8. The van der Waals surface area contributed by atoms with Crippen LogP contribution in [-0.4, -0.2) is 29.9 Å². The van der Waals surface area contributed by atoms with Gasteiger partial charge in [0, 0.05) is 10.2 Å². The fourth-order valence-corrected chi connectivity index (χ4v) is 5.72. The van der Waals surface area contributed by atoms with E-state index in [-0.39, 0.29) is 18.4 Å². The van der Waals surface area contributed by atoms with Crippen LogP contribution in [0.5, 0.6) is 11.5 Å². The normalized spacial score (nSPS) is 14.3. The second-order valence-electron chi connectivity index (χ2n) is 8.01. The molecule has 1 heterocycles. The molecular weight excluding hydrogens is 560 g/mol. The van der Waals surface area contributed by atoms with Crippen molar-refractivity contribution in [3.63, 3.8) is 0 Å². The summed E-state index contributed by atoms with van der Waals surface area (Å²) in [6.45, 7) is 3.69. The Balaban J connectivity index is 1.45. The first-order valence-electron chi connectivity index (χ1n) is 11.0. The molecule has 6 nitrogen and oxygen atoms in total. The molecule has 36 heavy (non-hydrogen) atoms. The van der Waals surface area contributed by atoms with Crippen LogP contribution in [0.25, 0.3) is 6.08 Å². The predicted octanol–water partition coefficient (Wildman–Crippen LogP) is 6.50. The minimum Gasteiger partial charge on any atom is -0.493 e. The molecule has 3 aromatic rings. The molecule has 4 rings (SSSR count). The Morgan fingerprint density at radius 2 is 1.78 bits per heavy atom. The van der Waals surface area contributed by atoms with Crippen LogP contribution in [0.3, 0.4) is 0 Å². The predicted molar refractivity (Wildman–Crippen MR) is 153 cm³/mol. The number of thiocarbonyl (C=S) groups is 1. The fourth-order valence-electron chi connectivity index (χ4n) is 3.74. The number of carbonyl (C=O) groups excluding carboxylic acids is 2. The standard InChI is InChI=1S/C27H23BrN2O4S2/c1-16-11-19(28)12-17(2)25(16)29-24(31)15-34-21-10-9-18(13-22(21)33-3)14-23-26(32)30(27(35)36-23)20-7-5-4-6-8-20/h4-14H,15H2,1-3H3,(H,29,31)/b23-14-. The third-order valence-corrected chi connectivity index (χ3v) is 7.17. The minimum atomic E-state index is -0.278. The number of nitrogens with one attached hydrogen (secondary N) is 1. The Morgan fingerprint density at radius 1 is 1.08 bits per heavy atom. The highest BCUT2D eigenvalue weighted by Crippen LogP contribution is 2.37. The van der Waals surface area contributed by atoms with E-state index in [9.17, 15) is 9.59 Å². The first-order valence-corrected chi connectivity index (χ1v) is 13.0. The molecule has 1 saturated heterocycles. The third kappa shape index (κ3) is 5.80. The maximum absolute atomic E-state index is 13.0. The summed E-state index contributed by atoms with van der Waals surface area (Å²) in [7, 11) is 1.52. The van der Waals surface area contributed by atoms with Crippen LogP contribution >= 0.6 is 39.9 Å². The van der Waals surface area contributed by atoms with Gasteiger partial charge in [0.25, 0.3) is 11.8 Å². The maximum Gasteiger partial charge on any atom is 0.270 e. The SMILES string of the molecule is COc1cc(/C=C2\SC(=S)N(c3ccccc3)C2=O)ccc1OCC(=O)Nc1c(C)cc(Br)cc1C. The van der Waals surface area contributed by atoms with Crippen molar-refractivity contribution in [2.75, 3.05) is 23.9 Å². The van der Waals surface area contributed by atoms with Gasteiger partial charge < -0.3 is 14.8 Å². The van der Waals surface area contributed by atoms with E-state index in [0.29, 0.717) is 20.7 Å². The molecule has 0 atom stereocenters. The molecule has 3 aromatic carbocycles. The van der Waals surface area contributed by atoms with Crippen LogP contribution in [0.4, 0.5) is 11.4 Å². The molecule has 0 aromatic heterocycles. The number of ether oxygens (including phenoxy) is 2. The Bertz CT molecular complexity index is 1350. The molecule has 2 amide bonds. The van der Waals surface area contributed by atoms with Gasteiger partial charge in [-0.15, -0.1) is 0 Å². The van der Waals surface area contributed by atoms with Gasteiger partial charge in [-0.05, 0) is 73.0 Å². The molecule has 0 radical (unpaired) electrons. The first kappa shape index (κ1) is 25.9. The van der Waals surface area contributed by atoms with E-state index in [4.69, 9.17) is 21.7 Å². The van der Waals surface area contributed by atoms with Gasteiger partial charge >= 0.3 is 0 Å². The minimum absolute atomic E-state index is 0.175. The van der Waals surface area contributed by atoms with Crippen molar-refractivity contribution in [1.82, 2.24) is 0 Å². The molecule has 1 N–H and O–H groups in total. The Labute approximate surface area is 227 Å². The number of hydrogen-bond donors (Lipinski definition) is 1. The van der Waals surface area contributed by atoms with Crippen molar-refractivity contribution in [2.45, 2.75) is 13.8 Å². The average Bonchev–Trinajstić information content (AvgIpc) is 3.13. The maximum atomic E-state index is 13.0. The van der Waals surface area contributed by atoms with Gasteiger partial charge in [0.2, 0.25) is 0 Å². The number of benzene rings is 3. The first-order chi connectivity index (χ1) is 17.3. The van der Waals surface area contributed by atoms with Gasteiger partial charge in [-0.1, -0.05) is 64.2 Å². The van der Waals surface area contributed by atoms with E-state index < -0.39 is 0 Å². The molecule has 0 spiro atoms. The van der Waals surface area contributed by atoms with Crippen molar-refractivity contribution < 1.29 is 19.1 Å². The van der Waals surface area contributed by atoms with Crippen LogP contribution in [0.15, 0.2) is 70.0 Å². The lowest BCUT2D eigenvalue weighted by molar-refractivity contribution is -0.118. The van der Waals surface area contributed by atoms with Gasteiger partial charge in [0.05, 0.1) is 17.7 Å². The Hall–Kier alpha value is -3.14. The molecule has 1 fully saturated rings. The van der Waals surface area contributed by atoms with Crippen LogP contribution < -0.4 is 19.7 Å². The molecule has 0 aliphatic carbocycles. The van der Waals surface area contributed by atoms with Crippen molar-refractivity contribution in [3.05, 3.63) is 86.7 Å². The molecule has 0 unspecified atom stereocenters. The lowest BCUT2D eigenvalue weighted by atomic mass is 10.1.